The monoisotopic (exact) mass is 218 g/mol. The van der Waals surface area contributed by atoms with Gasteiger partial charge in [-0.3, -0.25) is 0 Å². The molecule has 0 aliphatic rings. The third-order valence-electron chi connectivity index (χ3n) is 1.07. The molecule has 0 aliphatic heterocycles. The van der Waals surface area contributed by atoms with E-state index in [4.69, 9.17) is 0 Å². The van der Waals surface area contributed by atoms with Gasteiger partial charge in [0.25, 0.3) is 0 Å². The van der Waals surface area contributed by atoms with Crippen molar-refractivity contribution in [3.05, 3.63) is 12.8 Å². The highest BCUT2D eigenvalue weighted by Crippen LogP contribution is 2.21. The van der Waals surface area contributed by atoms with E-state index in [1.54, 1.807) is 0 Å². The molecule has 0 fully saturated rings. The van der Waals surface area contributed by atoms with E-state index >= 15 is 0 Å². The standard InChI is InChI=1S/C6H9F3O3S/c1-2-12-13(10,11)5-3-4-6(7,8)9/h2H,1,3-5H2. The van der Waals surface area contributed by atoms with Crippen LogP contribution in [0.1, 0.15) is 12.8 Å². The van der Waals surface area contributed by atoms with Crippen LogP contribution in [0.5, 0.6) is 0 Å². The van der Waals surface area contributed by atoms with Gasteiger partial charge in [0, 0.05) is 6.42 Å². The molecule has 0 rings (SSSR count). The fourth-order valence-corrected chi connectivity index (χ4v) is 1.40. The van der Waals surface area contributed by atoms with Crippen LogP contribution in [0, 0.1) is 0 Å². The molecule has 0 bridgehead atoms. The second-order valence-electron chi connectivity index (χ2n) is 2.24. The molecule has 0 radical (unpaired) electrons. The second kappa shape index (κ2) is 4.50. The van der Waals surface area contributed by atoms with E-state index in [2.05, 4.69) is 10.8 Å². The maximum atomic E-state index is 11.6. The van der Waals surface area contributed by atoms with Crippen molar-refractivity contribution in [3.8, 4) is 0 Å². The largest absolute Gasteiger partial charge is 0.391 e. The Kier molecular flexibility index (Phi) is 4.25. The van der Waals surface area contributed by atoms with Crippen LogP contribution in [0.25, 0.3) is 0 Å². The molecule has 0 saturated heterocycles. The molecule has 0 aliphatic carbocycles. The van der Waals surface area contributed by atoms with Gasteiger partial charge in [-0.05, 0) is 6.42 Å². The maximum Gasteiger partial charge on any atom is 0.389 e. The fourth-order valence-electron chi connectivity index (χ4n) is 0.601. The van der Waals surface area contributed by atoms with E-state index in [1.165, 1.54) is 0 Å². The average Bonchev–Trinajstić information content (AvgIpc) is 1.82. The van der Waals surface area contributed by atoms with Crippen LogP contribution in [0.4, 0.5) is 13.2 Å². The van der Waals surface area contributed by atoms with Crippen LogP contribution in [-0.4, -0.2) is 20.3 Å². The van der Waals surface area contributed by atoms with Crippen molar-refractivity contribution in [2.24, 2.45) is 0 Å². The first-order chi connectivity index (χ1) is 5.77. The van der Waals surface area contributed by atoms with Gasteiger partial charge in [0.1, 0.15) is 0 Å². The molecular formula is C6H9F3O3S. The van der Waals surface area contributed by atoms with Crippen molar-refractivity contribution < 1.29 is 25.8 Å². The van der Waals surface area contributed by atoms with Crippen molar-refractivity contribution in [3.63, 3.8) is 0 Å². The van der Waals surface area contributed by atoms with Crippen LogP contribution < -0.4 is 0 Å². The van der Waals surface area contributed by atoms with Gasteiger partial charge >= 0.3 is 16.3 Å². The minimum Gasteiger partial charge on any atom is -0.391 e. The Morgan fingerprint density at radius 1 is 1.38 bits per heavy atom. The van der Waals surface area contributed by atoms with Gasteiger partial charge in [0.15, 0.2) is 0 Å². The summed E-state index contributed by atoms with van der Waals surface area (Å²) in [5, 5.41) is 0. The Hall–Kier alpha value is -0.720. The number of hydrogen-bond donors (Lipinski definition) is 0. The van der Waals surface area contributed by atoms with Crippen LogP contribution >= 0.6 is 0 Å². The van der Waals surface area contributed by atoms with Gasteiger partial charge in [0.2, 0.25) is 0 Å². The highest BCUT2D eigenvalue weighted by Gasteiger charge is 2.27. The van der Waals surface area contributed by atoms with Crippen molar-refractivity contribution in [1.29, 1.82) is 0 Å². The highest BCUT2D eigenvalue weighted by atomic mass is 32.2. The van der Waals surface area contributed by atoms with E-state index in [9.17, 15) is 21.6 Å². The van der Waals surface area contributed by atoms with Crippen molar-refractivity contribution >= 4 is 10.1 Å². The molecule has 13 heavy (non-hydrogen) atoms. The van der Waals surface area contributed by atoms with Gasteiger partial charge < -0.3 is 4.18 Å². The Balaban J connectivity index is 3.84. The minimum atomic E-state index is -4.33. The summed E-state index contributed by atoms with van der Waals surface area (Å²) in [5.41, 5.74) is 0. The van der Waals surface area contributed by atoms with E-state index in [0.29, 0.717) is 6.26 Å². The molecule has 0 unspecified atom stereocenters. The molecule has 0 heterocycles. The van der Waals surface area contributed by atoms with E-state index in [-0.39, 0.29) is 0 Å². The van der Waals surface area contributed by atoms with Gasteiger partial charge in [-0.15, -0.1) is 0 Å². The zero-order valence-corrected chi connectivity index (χ0v) is 7.49. The van der Waals surface area contributed by atoms with E-state index in [0.717, 1.165) is 0 Å². The van der Waals surface area contributed by atoms with Crippen molar-refractivity contribution in [2.45, 2.75) is 19.0 Å². The summed E-state index contributed by atoms with van der Waals surface area (Å²) in [4.78, 5) is 0. The molecule has 0 aromatic heterocycles. The second-order valence-corrected chi connectivity index (χ2v) is 3.96. The lowest BCUT2D eigenvalue weighted by atomic mass is 10.3. The van der Waals surface area contributed by atoms with Gasteiger partial charge in [-0.25, -0.2) is 0 Å². The number of halogens is 3. The molecule has 0 amide bonds. The van der Waals surface area contributed by atoms with Crippen LogP contribution in [0.2, 0.25) is 0 Å². The first kappa shape index (κ1) is 12.3. The van der Waals surface area contributed by atoms with Gasteiger partial charge in [-0.2, -0.15) is 21.6 Å². The van der Waals surface area contributed by atoms with Crippen LogP contribution in [-0.2, 0) is 14.3 Å². The summed E-state index contributed by atoms with van der Waals surface area (Å²) in [6.07, 6.45) is -5.29. The summed E-state index contributed by atoms with van der Waals surface area (Å²) in [7, 11) is -3.87. The molecule has 0 N–H and O–H groups in total. The number of alkyl halides is 3. The molecule has 0 aromatic rings. The first-order valence-electron chi connectivity index (χ1n) is 3.35. The first-order valence-corrected chi connectivity index (χ1v) is 4.93. The summed E-state index contributed by atoms with van der Waals surface area (Å²) in [5.74, 6) is -0.654. The Bertz CT molecular complexity index is 255. The molecular weight excluding hydrogens is 209 g/mol. The lowest BCUT2D eigenvalue weighted by molar-refractivity contribution is -0.134. The Morgan fingerprint density at radius 3 is 2.31 bits per heavy atom. The number of hydrogen-bond acceptors (Lipinski definition) is 3. The molecule has 0 saturated carbocycles. The van der Waals surface area contributed by atoms with Gasteiger partial charge in [-0.1, -0.05) is 6.58 Å². The Labute approximate surface area is 74.3 Å². The average molecular weight is 218 g/mol. The summed E-state index contributed by atoms with van der Waals surface area (Å²) >= 11 is 0. The topological polar surface area (TPSA) is 43.4 Å². The van der Waals surface area contributed by atoms with Crippen LogP contribution in [0.3, 0.4) is 0 Å². The van der Waals surface area contributed by atoms with Crippen LogP contribution in [0.15, 0.2) is 12.8 Å². The predicted molar refractivity (Wildman–Crippen MR) is 40.4 cm³/mol. The molecule has 3 nitrogen and oxygen atoms in total. The maximum absolute atomic E-state index is 11.6. The molecule has 0 atom stereocenters. The molecule has 7 heteroatoms. The lowest BCUT2D eigenvalue weighted by Crippen LogP contribution is -2.12. The third kappa shape index (κ3) is 7.63. The molecule has 78 valence electrons. The zero-order chi connectivity index (χ0) is 10.5. The number of rotatable bonds is 5. The summed E-state index contributed by atoms with van der Waals surface area (Å²) in [6, 6.07) is 0. The quantitative estimate of drug-likeness (QED) is 0.522. The third-order valence-corrected chi connectivity index (χ3v) is 2.29. The molecule has 0 spiro atoms. The summed E-state index contributed by atoms with van der Waals surface area (Å²) in [6.45, 7) is 2.98. The van der Waals surface area contributed by atoms with Crippen molar-refractivity contribution in [1.82, 2.24) is 0 Å². The van der Waals surface area contributed by atoms with Gasteiger partial charge in [0.05, 0.1) is 12.0 Å². The van der Waals surface area contributed by atoms with E-state index in [1.807, 2.05) is 0 Å². The highest BCUT2D eigenvalue weighted by molar-refractivity contribution is 7.86. The zero-order valence-electron chi connectivity index (χ0n) is 6.67. The fraction of sp³-hybridized carbons (Fsp3) is 0.667. The Morgan fingerprint density at radius 2 is 1.92 bits per heavy atom. The lowest BCUT2D eigenvalue weighted by Gasteiger charge is -2.05. The minimum absolute atomic E-state index is 0.500. The van der Waals surface area contributed by atoms with Crippen molar-refractivity contribution in [2.75, 3.05) is 5.75 Å². The summed E-state index contributed by atoms with van der Waals surface area (Å²) < 4.78 is 60.0. The molecule has 0 aromatic carbocycles. The normalized spacial score (nSPS) is 12.5. The van der Waals surface area contributed by atoms with E-state index < -0.39 is 34.9 Å². The SMILES string of the molecule is C=COS(=O)(=O)CCCC(F)(F)F. The smallest absolute Gasteiger partial charge is 0.389 e. The predicted octanol–water partition coefficient (Wildman–Crippen LogP) is 1.82.